The normalized spacial score (nSPS) is 15.0. The molecule has 3 aromatic rings. The van der Waals surface area contributed by atoms with Gasteiger partial charge in [-0.1, -0.05) is 42.5 Å². The summed E-state index contributed by atoms with van der Waals surface area (Å²) in [5, 5.41) is -0.531. The van der Waals surface area contributed by atoms with E-state index in [9.17, 15) is 9.18 Å². The smallest absolute Gasteiger partial charge is 0.240 e. The highest BCUT2D eigenvalue weighted by Crippen LogP contribution is 2.28. The van der Waals surface area contributed by atoms with E-state index in [1.165, 1.54) is 17.7 Å². The summed E-state index contributed by atoms with van der Waals surface area (Å²) in [6.07, 6.45) is 0.698. The largest absolute Gasteiger partial charge is 0.353 e. The van der Waals surface area contributed by atoms with E-state index in [0.29, 0.717) is 44.0 Å². The zero-order valence-electron chi connectivity index (χ0n) is 18.3. The van der Waals surface area contributed by atoms with Gasteiger partial charge in [-0.25, -0.2) is 14.4 Å². The molecule has 1 aromatic heterocycles. The third-order valence-electron chi connectivity index (χ3n) is 5.73. The van der Waals surface area contributed by atoms with E-state index in [4.69, 9.17) is 21.6 Å². The van der Waals surface area contributed by atoms with Crippen molar-refractivity contribution in [2.45, 2.75) is 25.6 Å². The number of hydrogen-bond donors (Lipinski definition) is 0. The van der Waals surface area contributed by atoms with E-state index < -0.39 is 5.38 Å². The molecule has 1 saturated heterocycles. The highest BCUT2D eigenvalue weighted by atomic mass is 35.5. The summed E-state index contributed by atoms with van der Waals surface area (Å²) < 4.78 is 13.8. The van der Waals surface area contributed by atoms with Crippen LogP contribution in [0.15, 0.2) is 54.6 Å². The first-order valence-corrected chi connectivity index (χ1v) is 11.2. The lowest BCUT2D eigenvalue weighted by Gasteiger charge is -2.37. The first kappa shape index (κ1) is 22.2. The molecular formula is C25H26ClFN4O. The van der Waals surface area contributed by atoms with Gasteiger partial charge in [-0.05, 0) is 31.5 Å². The Bertz CT molecular complexity index is 1100. The van der Waals surface area contributed by atoms with Crippen molar-refractivity contribution in [1.82, 2.24) is 14.9 Å². The summed E-state index contributed by atoms with van der Waals surface area (Å²) in [6.45, 7) is 6.14. The number of aryl methyl sites for hydroxylation is 1. The third kappa shape index (κ3) is 4.91. The molecular weight excluding hydrogens is 427 g/mol. The van der Waals surface area contributed by atoms with Crippen LogP contribution in [-0.2, 0) is 11.2 Å². The number of rotatable bonds is 5. The quantitative estimate of drug-likeness (QED) is 0.536. The van der Waals surface area contributed by atoms with Crippen LogP contribution >= 0.6 is 11.6 Å². The Morgan fingerprint density at radius 2 is 1.78 bits per heavy atom. The zero-order valence-corrected chi connectivity index (χ0v) is 19.0. The first-order valence-electron chi connectivity index (χ1n) is 10.8. The van der Waals surface area contributed by atoms with Crippen LogP contribution in [0.25, 0.3) is 11.4 Å². The Morgan fingerprint density at radius 3 is 2.44 bits per heavy atom. The molecule has 0 saturated carbocycles. The number of amides is 1. The molecule has 0 spiro atoms. The Labute approximate surface area is 192 Å². The minimum atomic E-state index is -0.531. The highest BCUT2D eigenvalue weighted by Gasteiger charge is 2.27. The lowest BCUT2D eigenvalue weighted by Crippen LogP contribution is -2.51. The molecule has 1 fully saturated rings. The van der Waals surface area contributed by atoms with Crippen molar-refractivity contribution in [3.05, 3.63) is 77.2 Å². The van der Waals surface area contributed by atoms with Crippen molar-refractivity contribution in [3.8, 4) is 11.4 Å². The fraction of sp³-hybridized carbons (Fsp3) is 0.320. The van der Waals surface area contributed by atoms with Crippen LogP contribution in [0.3, 0.4) is 0 Å². The topological polar surface area (TPSA) is 49.3 Å². The summed E-state index contributed by atoms with van der Waals surface area (Å²) in [4.78, 5) is 25.9. The van der Waals surface area contributed by atoms with Crippen molar-refractivity contribution in [2.24, 2.45) is 0 Å². The van der Waals surface area contributed by atoms with Gasteiger partial charge in [0.15, 0.2) is 5.82 Å². The van der Waals surface area contributed by atoms with Crippen LogP contribution < -0.4 is 4.90 Å². The molecule has 0 radical (unpaired) electrons. The summed E-state index contributed by atoms with van der Waals surface area (Å²) >= 11 is 6.00. The minimum absolute atomic E-state index is 0.0462. The lowest BCUT2D eigenvalue weighted by atomic mass is 10.0. The van der Waals surface area contributed by atoms with E-state index in [-0.39, 0.29) is 11.7 Å². The van der Waals surface area contributed by atoms with Gasteiger partial charge in [0.05, 0.1) is 0 Å². The van der Waals surface area contributed by atoms with Crippen LogP contribution in [0.2, 0.25) is 0 Å². The third-order valence-corrected chi connectivity index (χ3v) is 5.92. The molecule has 2 aromatic carbocycles. The molecule has 0 bridgehead atoms. The Morgan fingerprint density at radius 1 is 1.06 bits per heavy atom. The number of piperazine rings is 1. The van der Waals surface area contributed by atoms with Gasteiger partial charge >= 0.3 is 0 Å². The maximum Gasteiger partial charge on any atom is 0.240 e. The number of anilines is 1. The van der Waals surface area contributed by atoms with Crippen molar-refractivity contribution in [3.63, 3.8) is 0 Å². The lowest BCUT2D eigenvalue weighted by molar-refractivity contribution is -0.130. The minimum Gasteiger partial charge on any atom is -0.353 e. The van der Waals surface area contributed by atoms with Crippen molar-refractivity contribution in [2.75, 3.05) is 31.1 Å². The molecule has 32 heavy (non-hydrogen) atoms. The molecule has 0 unspecified atom stereocenters. The van der Waals surface area contributed by atoms with Gasteiger partial charge in [0.25, 0.3) is 0 Å². The second kappa shape index (κ2) is 9.65. The average molecular weight is 453 g/mol. The molecule has 2 heterocycles. The molecule has 0 N–H and O–H groups in total. The standard InChI is InChI=1S/C25H26ClFN4O/c1-17(26)25(32)31-13-11-30(12-14-31)24-22(15-19-7-4-3-5-8-19)18(2)28-23(29-24)20-9-6-10-21(27)16-20/h3-10,16-17H,11-15H2,1-2H3/t17-/m0/s1. The van der Waals surface area contributed by atoms with Gasteiger partial charge in [-0.15, -0.1) is 11.6 Å². The Kier molecular flexibility index (Phi) is 6.70. The number of hydrogen-bond acceptors (Lipinski definition) is 4. The maximum absolute atomic E-state index is 13.8. The summed E-state index contributed by atoms with van der Waals surface area (Å²) in [5.41, 5.74) is 3.72. The van der Waals surface area contributed by atoms with Gasteiger partial charge in [0, 0.05) is 49.4 Å². The molecule has 166 valence electrons. The van der Waals surface area contributed by atoms with Crippen LogP contribution in [-0.4, -0.2) is 52.3 Å². The second-order valence-corrected chi connectivity index (χ2v) is 8.69. The van der Waals surface area contributed by atoms with Gasteiger partial charge < -0.3 is 9.80 Å². The van der Waals surface area contributed by atoms with Crippen LogP contribution in [0.1, 0.15) is 23.7 Å². The zero-order chi connectivity index (χ0) is 22.7. The molecule has 1 aliphatic heterocycles. The second-order valence-electron chi connectivity index (χ2n) is 8.04. The number of halogens is 2. The number of alkyl halides is 1. The van der Waals surface area contributed by atoms with E-state index >= 15 is 0 Å². The van der Waals surface area contributed by atoms with Crippen molar-refractivity contribution in [1.29, 1.82) is 0 Å². The molecule has 0 aliphatic carbocycles. The van der Waals surface area contributed by atoms with Crippen LogP contribution in [0, 0.1) is 12.7 Å². The fourth-order valence-corrected chi connectivity index (χ4v) is 4.13. The molecule has 5 nitrogen and oxygen atoms in total. The Balaban J connectivity index is 1.70. The van der Waals surface area contributed by atoms with E-state index in [1.54, 1.807) is 17.9 Å². The van der Waals surface area contributed by atoms with Gasteiger partial charge in [-0.3, -0.25) is 4.79 Å². The van der Waals surface area contributed by atoms with E-state index in [1.807, 2.05) is 31.2 Å². The fourth-order valence-electron chi connectivity index (χ4n) is 4.00. The number of carbonyl (C=O) groups is 1. The van der Waals surface area contributed by atoms with Crippen LogP contribution in [0.5, 0.6) is 0 Å². The monoisotopic (exact) mass is 452 g/mol. The molecule has 1 atom stereocenters. The van der Waals surface area contributed by atoms with Gasteiger partial charge in [-0.2, -0.15) is 0 Å². The van der Waals surface area contributed by atoms with E-state index in [0.717, 1.165) is 17.1 Å². The first-order chi connectivity index (χ1) is 15.4. The number of aromatic nitrogens is 2. The maximum atomic E-state index is 13.8. The predicted octanol–water partition coefficient (Wildman–Crippen LogP) is 4.46. The molecule has 4 rings (SSSR count). The van der Waals surface area contributed by atoms with E-state index in [2.05, 4.69) is 17.0 Å². The van der Waals surface area contributed by atoms with Crippen molar-refractivity contribution >= 4 is 23.3 Å². The number of carbonyl (C=O) groups excluding carboxylic acids is 1. The Hall–Kier alpha value is -2.99. The average Bonchev–Trinajstić information content (AvgIpc) is 2.80. The highest BCUT2D eigenvalue weighted by molar-refractivity contribution is 6.30. The SMILES string of the molecule is Cc1nc(-c2cccc(F)c2)nc(N2CCN(C(=O)[C@H](C)Cl)CC2)c1Cc1ccccc1. The van der Waals surface area contributed by atoms with Crippen molar-refractivity contribution < 1.29 is 9.18 Å². The van der Waals surface area contributed by atoms with Gasteiger partial charge in [0.2, 0.25) is 5.91 Å². The molecule has 1 aliphatic rings. The number of nitrogens with zero attached hydrogens (tertiary/aromatic N) is 4. The molecule has 7 heteroatoms. The summed E-state index contributed by atoms with van der Waals surface area (Å²) in [7, 11) is 0. The predicted molar refractivity (Wildman–Crippen MR) is 126 cm³/mol. The number of benzene rings is 2. The van der Waals surface area contributed by atoms with Gasteiger partial charge in [0.1, 0.15) is 17.0 Å². The summed E-state index contributed by atoms with van der Waals surface area (Å²) in [6, 6.07) is 16.5. The van der Waals surface area contributed by atoms with Crippen LogP contribution in [0.4, 0.5) is 10.2 Å². The summed E-state index contributed by atoms with van der Waals surface area (Å²) in [5.74, 6) is 0.976. The molecule has 1 amide bonds.